The molecular weight excluding hydrogens is 428 g/mol. The highest BCUT2D eigenvalue weighted by molar-refractivity contribution is 6.02. The first kappa shape index (κ1) is 22.3. The van der Waals surface area contributed by atoms with Gasteiger partial charge in [0.25, 0.3) is 5.69 Å². The number of non-ortho nitro benzene ring substituents is 1. The molecule has 172 valence electrons. The highest BCUT2D eigenvalue weighted by atomic mass is 16.6. The van der Waals surface area contributed by atoms with Crippen molar-refractivity contribution in [1.29, 1.82) is 0 Å². The van der Waals surface area contributed by atoms with E-state index < -0.39 is 10.8 Å². The van der Waals surface area contributed by atoms with Gasteiger partial charge in [0.1, 0.15) is 0 Å². The lowest BCUT2D eigenvalue weighted by atomic mass is 9.73. The zero-order chi connectivity index (χ0) is 23.7. The van der Waals surface area contributed by atoms with Crippen molar-refractivity contribution in [3.05, 3.63) is 68.9 Å². The summed E-state index contributed by atoms with van der Waals surface area (Å²) in [6, 6.07) is 9.75. The molecule has 1 aliphatic heterocycles. The number of carbonyl (C=O) groups excluding carboxylic acids is 2. The Morgan fingerprint density at radius 1 is 0.939 bits per heavy atom. The zero-order valence-electron chi connectivity index (χ0n) is 18.5. The summed E-state index contributed by atoms with van der Waals surface area (Å²) in [5.74, 6) is 0.413. The van der Waals surface area contributed by atoms with Crippen molar-refractivity contribution >= 4 is 17.4 Å². The number of nitrogens with zero attached hydrogens (tertiary/aromatic N) is 1. The average molecular weight is 452 g/mol. The summed E-state index contributed by atoms with van der Waals surface area (Å²) in [6.45, 7) is 0. The summed E-state index contributed by atoms with van der Waals surface area (Å²) in [7, 11) is 4.57. The van der Waals surface area contributed by atoms with Crippen LogP contribution in [0.4, 0.5) is 5.69 Å². The SMILES string of the molecule is COc1cc(C2CC(=O)C3=C(C2)NC(=O)CC3c2cccc([N+](=O)[O-])c2)cc(OC)c1OC. The van der Waals surface area contributed by atoms with Gasteiger partial charge >= 0.3 is 0 Å². The van der Waals surface area contributed by atoms with E-state index in [1.165, 1.54) is 33.5 Å². The van der Waals surface area contributed by atoms with Crippen LogP contribution in [0.2, 0.25) is 0 Å². The number of hydrogen-bond donors (Lipinski definition) is 1. The van der Waals surface area contributed by atoms with Gasteiger partial charge in [-0.2, -0.15) is 0 Å². The van der Waals surface area contributed by atoms with Crippen LogP contribution in [0.3, 0.4) is 0 Å². The predicted octanol–water partition coefficient (Wildman–Crippen LogP) is 3.62. The number of carbonyl (C=O) groups is 2. The molecule has 0 spiro atoms. The van der Waals surface area contributed by atoms with Crippen molar-refractivity contribution in [2.75, 3.05) is 21.3 Å². The topological polar surface area (TPSA) is 117 Å². The fraction of sp³-hybridized carbons (Fsp3) is 0.333. The molecule has 0 saturated heterocycles. The molecular formula is C24H24N2O7. The summed E-state index contributed by atoms with van der Waals surface area (Å²) in [5, 5.41) is 14.1. The second-order valence-corrected chi connectivity index (χ2v) is 8.04. The molecule has 0 fully saturated rings. The number of nitro groups is 1. The van der Waals surface area contributed by atoms with Gasteiger partial charge in [-0.25, -0.2) is 0 Å². The van der Waals surface area contributed by atoms with Crippen molar-refractivity contribution in [3.8, 4) is 17.2 Å². The fourth-order valence-corrected chi connectivity index (χ4v) is 4.67. The lowest BCUT2D eigenvalue weighted by Gasteiger charge is -2.34. The van der Waals surface area contributed by atoms with Crippen LogP contribution >= 0.6 is 0 Å². The minimum absolute atomic E-state index is 0.0700. The first-order valence-corrected chi connectivity index (χ1v) is 10.5. The van der Waals surface area contributed by atoms with Crippen LogP contribution < -0.4 is 19.5 Å². The minimum atomic E-state index is -0.512. The molecule has 2 aliphatic rings. The van der Waals surface area contributed by atoms with Crippen molar-refractivity contribution < 1.29 is 28.7 Å². The molecule has 1 amide bonds. The van der Waals surface area contributed by atoms with Gasteiger partial charge in [0.15, 0.2) is 17.3 Å². The number of benzene rings is 2. The summed E-state index contributed by atoms with van der Waals surface area (Å²) >= 11 is 0. The van der Waals surface area contributed by atoms with Crippen molar-refractivity contribution in [1.82, 2.24) is 5.32 Å². The number of methoxy groups -OCH3 is 3. The first-order valence-electron chi connectivity index (χ1n) is 10.5. The van der Waals surface area contributed by atoms with Crippen LogP contribution in [0.25, 0.3) is 0 Å². The summed E-state index contributed by atoms with van der Waals surface area (Å²) in [4.78, 5) is 36.6. The maximum Gasteiger partial charge on any atom is 0.269 e. The molecule has 33 heavy (non-hydrogen) atoms. The molecule has 0 saturated carbocycles. The van der Waals surface area contributed by atoms with E-state index in [0.29, 0.717) is 40.5 Å². The van der Waals surface area contributed by atoms with Gasteiger partial charge in [-0.3, -0.25) is 19.7 Å². The van der Waals surface area contributed by atoms with Crippen LogP contribution in [0.5, 0.6) is 17.2 Å². The van der Waals surface area contributed by atoms with Crippen LogP contribution in [0.1, 0.15) is 42.2 Å². The van der Waals surface area contributed by atoms with Crippen LogP contribution in [0.15, 0.2) is 47.7 Å². The molecule has 1 aliphatic carbocycles. The van der Waals surface area contributed by atoms with Gasteiger partial charge in [0, 0.05) is 42.2 Å². The smallest absolute Gasteiger partial charge is 0.269 e. The number of ether oxygens (including phenoxy) is 3. The molecule has 0 radical (unpaired) electrons. The maximum atomic E-state index is 13.3. The molecule has 1 heterocycles. The Balaban J connectivity index is 1.73. The Bertz CT molecular complexity index is 1150. The third-order valence-corrected chi connectivity index (χ3v) is 6.18. The van der Waals surface area contributed by atoms with E-state index in [2.05, 4.69) is 5.32 Å². The lowest BCUT2D eigenvalue weighted by Crippen LogP contribution is -2.38. The number of ketones is 1. The molecule has 9 nitrogen and oxygen atoms in total. The molecule has 9 heteroatoms. The standard InChI is InChI=1S/C24H24N2O7/c1-31-20-10-15(11-21(32-2)24(20)33-3)14-8-18-23(19(27)9-14)17(12-22(28)25-18)13-5-4-6-16(7-13)26(29)30/h4-7,10-11,14,17H,8-9,12H2,1-3H3,(H,25,28). The molecule has 2 atom stereocenters. The second kappa shape index (κ2) is 8.93. The average Bonchev–Trinajstić information content (AvgIpc) is 2.82. The van der Waals surface area contributed by atoms with E-state index >= 15 is 0 Å². The van der Waals surface area contributed by atoms with Crippen LogP contribution in [-0.2, 0) is 9.59 Å². The summed E-state index contributed by atoms with van der Waals surface area (Å²) < 4.78 is 16.3. The van der Waals surface area contributed by atoms with Crippen LogP contribution in [0, 0.1) is 10.1 Å². The predicted molar refractivity (Wildman–Crippen MR) is 119 cm³/mol. The second-order valence-electron chi connectivity index (χ2n) is 8.04. The van der Waals surface area contributed by atoms with Gasteiger partial charge in [0.2, 0.25) is 11.7 Å². The van der Waals surface area contributed by atoms with E-state index in [1.807, 2.05) is 12.1 Å². The monoisotopic (exact) mass is 452 g/mol. The number of rotatable bonds is 6. The Hall–Kier alpha value is -3.88. The third kappa shape index (κ3) is 4.13. The van der Waals surface area contributed by atoms with E-state index in [4.69, 9.17) is 14.2 Å². The number of allylic oxidation sites excluding steroid dienone is 2. The van der Waals surface area contributed by atoms with Crippen molar-refractivity contribution in [2.24, 2.45) is 0 Å². The number of nitrogens with one attached hydrogen (secondary N) is 1. The number of Topliss-reactive ketones (excluding diaryl/α,β-unsaturated/α-hetero) is 1. The first-order chi connectivity index (χ1) is 15.9. The Morgan fingerprint density at radius 2 is 1.64 bits per heavy atom. The molecule has 2 unspecified atom stereocenters. The molecule has 2 aromatic carbocycles. The summed E-state index contributed by atoms with van der Waals surface area (Å²) in [6.07, 6.45) is 0.746. The molecule has 1 N–H and O–H groups in total. The van der Waals surface area contributed by atoms with Gasteiger partial charge in [-0.15, -0.1) is 0 Å². The Labute approximate surface area is 190 Å². The van der Waals surface area contributed by atoms with Gasteiger partial charge in [-0.05, 0) is 35.6 Å². The number of hydrogen-bond acceptors (Lipinski definition) is 7. The highest BCUT2D eigenvalue weighted by Crippen LogP contribution is 2.46. The van der Waals surface area contributed by atoms with Gasteiger partial charge in [-0.1, -0.05) is 12.1 Å². The summed E-state index contributed by atoms with van der Waals surface area (Å²) in [5.41, 5.74) is 2.44. The molecule has 4 rings (SSSR count). The zero-order valence-corrected chi connectivity index (χ0v) is 18.5. The van der Waals surface area contributed by atoms with Crippen LogP contribution in [-0.4, -0.2) is 37.9 Å². The maximum absolute atomic E-state index is 13.3. The van der Waals surface area contributed by atoms with Crippen molar-refractivity contribution in [2.45, 2.75) is 31.1 Å². The van der Waals surface area contributed by atoms with Gasteiger partial charge < -0.3 is 19.5 Å². The molecule has 0 aromatic heterocycles. The number of nitro benzene ring substituents is 1. The molecule has 0 bridgehead atoms. The highest BCUT2D eigenvalue weighted by Gasteiger charge is 2.39. The van der Waals surface area contributed by atoms with E-state index in [9.17, 15) is 19.7 Å². The lowest BCUT2D eigenvalue weighted by molar-refractivity contribution is -0.384. The normalized spacial score (nSPS) is 20.1. The third-order valence-electron chi connectivity index (χ3n) is 6.18. The van der Waals surface area contributed by atoms with E-state index in [0.717, 1.165) is 5.56 Å². The van der Waals surface area contributed by atoms with Gasteiger partial charge in [0.05, 0.1) is 26.3 Å². The minimum Gasteiger partial charge on any atom is -0.493 e. The Morgan fingerprint density at radius 3 is 2.24 bits per heavy atom. The quantitative estimate of drug-likeness (QED) is 0.525. The Kier molecular flexibility index (Phi) is 6.04. The van der Waals surface area contributed by atoms with E-state index in [-0.39, 0.29) is 36.1 Å². The van der Waals surface area contributed by atoms with Crippen molar-refractivity contribution in [3.63, 3.8) is 0 Å². The fourth-order valence-electron chi connectivity index (χ4n) is 4.67. The van der Waals surface area contributed by atoms with E-state index in [1.54, 1.807) is 12.1 Å². The molecule has 2 aromatic rings. The largest absolute Gasteiger partial charge is 0.493 e. The number of amides is 1.